The van der Waals surface area contributed by atoms with Crippen LogP contribution in [0.4, 0.5) is 5.95 Å². The monoisotopic (exact) mass is 543 g/mol. The molecule has 1 aliphatic rings. The molecule has 3 rings (SSSR count). The Morgan fingerprint density at radius 2 is 1.97 bits per heavy atom. The molecule has 0 radical (unpaired) electrons. The maximum Gasteiger partial charge on any atom is 0.225 e. The first kappa shape index (κ1) is 25.3. The van der Waals surface area contributed by atoms with Crippen molar-refractivity contribution in [1.29, 1.82) is 0 Å². The van der Waals surface area contributed by atoms with E-state index < -0.39 is 0 Å². The zero-order chi connectivity index (χ0) is 20.9. The van der Waals surface area contributed by atoms with Gasteiger partial charge in [0.25, 0.3) is 0 Å². The van der Waals surface area contributed by atoms with Crippen LogP contribution in [0.15, 0.2) is 46.3 Å². The first-order valence-electron chi connectivity index (χ1n) is 10.7. The van der Waals surface area contributed by atoms with Gasteiger partial charge >= 0.3 is 0 Å². The zero-order valence-corrected chi connectivity index (χ0v) is 20.5. The molecule has 9 nitrogen and oxygen atoms in total. The SMILES string of the molecule is CCNC(=NCCCOCc1ccco1)NCCN1CCN(c2ncccn2)CC1.I. The van der Waals surface area contributed by atoms with Crippen molar-refractivity contribution in [3.05, 3.63) is 42.6 Å². The molecule has 0 bridgehead atoms. The molecular weight excluding hydrogens is 509 g/mol. The maximum absolute atomic E-state index is 5.60. The molecule has 0 saturated carbocycles. The van der Waals surface area contributed by atoms with Crippen molar-refractivity contribution >= 4 is 35.9 Å². The van der Waals surface area contributed by atoms with E-state index in [2.05, 4.69) is 42.3 Å². The highest BCUT2D eigenvalue weighted by Gasteiger charge is 2.18. The quantitative estimate of drug-likeness (QED) is 0.193. The predicted molar refractivity (Wildman–Crippen MR) is 133 cm³/mol. The molecule has 172 valence electrons. The number of anilines is 1. The largest absolute Gasteiger partial charge is 0.467 e. The Morgan fingerprint density at radius 3 is 2.68 bits per heavy atom. The van der Waals surface area contributed by atoms with E-state index in [-0.39, 0.29) is 24.0 Å². The van der Waals surface area contributed by atoms with Crippen molar-refractivity contribution in [1.82, 2.24) is 25.5 Å². The van der Waals surface area contributed by atoms with E-state index in [1.807, 2.05) is 18.2 Å². The molecule has 1 aliphatic heterocycles. The first-order chi connectivity index (χ1) is 14.8. The Kier molecular flexibility index (Phi) is 12.2. The van der Waals surface area contributed by atoms with Gasteiger partial charge in [0.1, 0.15) is 12.4 Å². The molecule has 0 aromatic carbocycles. The molecule has 0 spiro atoms. The fourth-order valence-electron chi connectivity index (χ4n) is 3.23. The number of rotatable bonds is 11. The highest BCUT2D eigenvalue weighted by molar-refractivity contribution is 14.0. The summed E-state index contributed by atoms with van der Waals surface area (Å²) in [4.78, 5) is 18.0. The lowest BCUT2D eigenvalue weighted by Gasteiger charge is -2.34. The van der Waals surface area contributed by atoms with Gasteiger partial charge in [-0.1, -0.05) is 0 Å². The lowest BCUT2D eigenvalue weighted by molar-refractivity contribution is 0.105. The number of guanidine groups is 1. The summed E-state index contributed by atoms with van der Waals surface area (Å²) in [5, 5.41) is 6.73. The third-order valence-electron chi connectivity index (χ3n) is 4.81. The molecule has 2 N–H and O–H groups in total. The summed E-state index contributed by atoms with van der Waals surface area (Å²) in [5.41, 5.74) is 0. The van der Waals surface area contributed by atoms with Crippen molar-refractivity contribution in [3.8, 4) is 0 Å². The Morgan fingerprint density at radius 1 is 1.16 bits per heavy atom. The molecular formula is C21H34IN7O2. The van der Waals surface area contributed by atoms with Crippen LogP contribution < -0.4 is 15.5 Å². The molecule has 10 heteroatoms. The number of nitrogens with zero attached hydrogens (tertiary/aromatic N) is 5. The van der Waals surface area contributed by atoms with E-state index in [0.29, 0.717) is 13.2 Å². The van der Waals surface area contributed by atoms with Crippen LogP contribution in [0.2, 0.25) is 0 Å². The number of piperazine rings is 1. The van der Waals surface area contributed by atoms with Gasteiger partial charge in [0.05, 0.1) is 6.26 Å². The third-order valence-corrected chi connectivity index (χ3v) is 4.81. The second-order valence-electron chi connectivity index (χ2n) is 7.05. The highest BCUT2D eigenvalue weighted by Crippen LogP contribution is 2.09. The van der Waals surface area contributed by atoms with Crippen LogP contribution >= 0.6 is 24.0 Å². The average molecular weight is 543 g/mol. The van der Waals surface area contributed by atoms with E-state index in [4.69, 9.17) is 9.15 Å². The number of hydrogen-bond donors (Lipinski definition) is 2. The smallest absolute Gasteiger partial charge is 0.225 e. The van der Waals surface area contributed by atoms with Crippen molar-refractivity contribution in [2.24, 2.45) is 4.99 Å². The van der Waals surface area contributed by atoms with Crippen LogP contribution in [0.1, 0.15) is 19.1 Å². The van der Waals surface area contributed by atoms with Crippen molar-refractivity contribution < 1.29 is 9.15 Å². The van der Waals surface area contributed by atoms with E-state index in [1.165, 1.54) is 0 Å². The number of aromatic nitrogens is 2. The van der Waals surface area contributed by atoms with Crippen LogP contribution in [0.5, 0.6) is 0 Å². The van der Waals surface area contributed by atoms with Gasteiger partial charge in [-0.2, -0.15) is 0 Å². The van der Waals surface area contributed by atoms with Gasteiger partial charge in [0.2, 0.25) is 5.95 Å². The number of furan rings is 1. The van der Waals surface area contributed by atoms with Crippen LogP contribution in [-0.4, -0.2) is 79.8 Å². The maximum atomic E-state index is 5.60. The molecule has 0 atom stereocenters. The van der Waals surface area contributed by atoms with E-state index in [9.17, 15) is 0 Å². The Bertz CT molecular complexity index is 723. The second-order valence-corrected chi connectivity index (χ2v) is 7.05. The Balaban J connectivity index is 0.00000341. The molecule has 1 fully saturated rings. The van der Waals surface area contributed by atoms with Gasteiger partial charge in [-0.15, -0.1) is 24.0 Å². The van der Waals surface area contributed by atoms with Gasteiger partial charge in [-0.3, -0.25) is 9.89 Å². The minimum Gasteiger partial charge on any atom is -0.467 e. The molecule has 0 aliphatic carbocycles. The lowest BCUT2D eigenvalue weighted by atomic mass is 10.3. The van der Waals surface area contributed by atoms with Gasteiger partial charge in [0.15, 0.2) is 5.96 Å². The van der Waals surface area contributed by atoms with Crippen LogP contribution in [0.3, 0.4) is 0 Å². The minimum atomic E-state index is 0. The summed E-state index contributed by atoms with van der Waals surface area (Å²) < 4.78 is 10.8. The van der Waals surface area contributed by atoms with Crippen LogP contribution in [-0.2, 0) is 11.3 Å². The van der Waals surface area contributed by atoms with Gasteiger partial charge in [0, 0.05) is 71.4 Å². The van der Waals surface area contributed by atoms with Crippen LogP contribution in [0.25, 0.3) is 0 Å². The molecule has 0 amide bonds. The van der Waals surface area contributed by atoms with Crippen molar-refractivity contribution in [3.63, 3.8) is 0 Å². The number of hydrogen-bond acceptors (Lipinski definition) is 7. The average Bonchev–Trinajstić information content (AvgIpc) is 3.31. The summed E-state index contributed by atoms with van der Waals surface area (Å²) >= 11 is 0. The van der Waals surface area contributed by atoms with Gasteiger partial charge in [-0.05, 0) is 31.5 Å². The molecule has 0 unspecified atom stereocenters. The Hall–Kier alpha value is -1.92. The molecule has 2 aromatic heterocycles. The standard InChI is InChI=1S/C21H33N7O2.HI/c1-2-22-20(23-9-5-16-29-18-19-6-3-17-30-19)24-10-11-27-12-14-28(15-13-27)21-25-7-4-8-26-21;/h3-4,6-8,17H,2,5,9-16,18H2,1H3,(H2,22,23,24);1H. The van der Waals surface area contributed by atoms with E-state index in [0.717, 1.165) is 76.4 Å². The minimum absolute atomic E-state index is 0. The van der Waals surface area contributed by atoms with Crippen molar-refractivity contribution in [2.45, 2.75) is 20.0 Å². The first-order valence-corrected chi connectivity index (χ1v) is 10.7. The summed E-state index contributed by atoms with van der Waals surface area (Å²) in [6.07, 6.45) is 6.13. The number of aliphatic imine (C=N–C) groups is 1. The molecule has 31 heavy (non-hydrogen) atoms. The van der Waals surface area contributed by atoms with Gasteiger partial charge in [-0.25, -0.2) is 9.97 Å². The highest BCUT2D eigenvalue weighted by atomic mass is 127. The van der Waals surface area contributed by atoms with Crippen molar-refractivity contribution in [2.75, 3.05) is 63.9 Å². The zero-order valence-electron chi connectivity index (χ0n) is 18.2. The van der Waals surface area contributed by atoms with E-state index in [1.54, 1.807) is 18.7 Å². The molecule has 3 heterocycles. The topological polar surface area (TPSA) is 91.1 Å². The predicted octanol–water partition coefficient (Wildman–Crippen LogP) is 1.97. The van der Waals surface area contributed by atoms with E-state index >= 15 is 0 Å². The number of ether oxygens (including phenoxy) is 1. The normalized spacial score (nSPS) is 14.9. The summed E-state index contributed by atoms with van der Waals surface area (Å²) in [7, 11) is 0. The molecule has 2 aromatic rings. The summed E-state index contributed by atoms with van der Waals surface area (Å²) in [6, 6.07) is 5.64. The number of halogens is 1. The fraction of sp³-hybridized carbons (Fsp3) is 0.571. The molecule has 1 saturated heterocycles. The van der Waals surface area contributed by atoms with Gasteiger partial charge < -0.3 is 24.7 Å². The van der Waals surface area contributed by atoms with Crippen LogP contribution in [0, 0.1) is 0 Å². The lowest BCUT2D eigenvalue weighted by Crippen LogP contribution is -2.49. The Labute approximate surface area is 201 Å². The third kappa shape index (κ3) is 9.40. The summed E-state index contributed by atoms with van der Waals surface area (Å²) in [6.45, 7) is 10.6. The summed E-state index contributed by atoms with van der Waals surface area (Å²) in [5.74, 6) is 2.54. The fourth-order valence-corrected chi connectivity index (χ4v) is 3.23. The second kappa shape index (κ2) is 15.0. The number of nitrogens with one attached hydrogen (secondary N) is 2.